The molecule has 0 radical (unpaired) electrons. The SMILES string of the molecule is CCOc1ccc(NCc2ccc([N+](=O)[O-])cc2Cl)cc1. The lowest BCUT2D eigenvalue weighted by atomic mass is 10.2. The Bertz CT molecular complexity index is 629. The van der Waals surface area contributed by atoms with Crippen LogP contribution in [0.1, 0.15) is 12.5 Å². The Morgan fingerprint density at radius 1 is 1.24 bits per heavy atom. The van der Waals surface area contributed by atoms with Gasteiger partial charge in [-0.05, 0) is 42.8 Å². The summed E-state index contributed by atoms with van der Waals surface area (Å²) in [6.45, 7) is 3.05. The number of non-ortho nitro benzene ring substituents is 1. The van der Waals surface area contributed by atoms with Crippen LogP contribution in [0.2, 0.25) is 5.02 Å². The molecule has 0 spiro atoms. The van der Waals surface area contributed by atoms with E-state index in [4.69, 9.17) is 16.3 Å². The highest BCUT2D eigenvalue weighted by molar-refractivity contribution is 6.31. The van der Waals surface area contributed by atoms with Crippen molar-refractivity contribution in [2.75, 3.05) is 11.9 Å². The molecular formula is C15H15ClN2O3. The monoisotopic (exact) mass is 306 g/mol. The van der Waals surface area contributed by atoms with Gasteiger partial charge in [-0.1, -0.05) is 11.6 Å². The molecule has 6 heteroatoms. The Labute approximate surface area is 127 Å². The van der Waals surface area contributed by atoms with E-state index in [1.807, 2.05) is 31.2 Å². The number of hydrogen-bond acceptors (Lipinski definition) is 4. The largest absolute Gasteiger partial charge is 0.494 e. The van der Waals surface area contributed by atoms with Crippen molar-refractivity contribution in [1.29, 1.82) is 0 Å². The third-order valence-electron chi connectivity index (χ3n) is 2.90. The number of nitro benzene ring substituents is 1. The van der Waals surface area contributed by atoms with Gasteiger partial charge in [0, 0.05) is 24.4 Å². The van der Waals surface area contributed by atoms with Gasteiger partial charge in [0.15, 0.2) is 0 Å². The number of benzene rings is 2. The first-order valence-electron chi connectivity index (χ1n) is 6.49. The van der Waals surface area contributed by atoms with Crippen LogP contribution in [-0.2, 0) is 6.54 Å². The molecule has 0 saturated carbocycles. The summed E-state index contributed by atoms with van der Waals surface area (Å²) in [5.41, 5.74) is 1.72. The van der Waals surface area contributed by atoms with E-state index in [1.165, 1.54) is 12.1 Å². The predicted molar refractivity (Wildman–Crippen MR) is 83.0 cm³/mol. The van der Waals surface area contributed by atoms with Crippen LogP contribution in [0, 0.1) is 10.1 Å². The maximum atomic E-state index is 10.6. The van der Waals surface area contributed by atoms with Gasteiger partial charge in [0.2, 0.25) is 0 Å². The first kappa shape index (κ1) is 15.1. The standard InChI is InChI=1S/C15H15ClN2O3/c1-2-21-14-7-4-12(5-8-14)17-10-11-3-6-13(18(19)20)9-15(11)16/h3-9,17H,2,10H2,1H3. The zero-order valence-electron chi connectivity index (χ0n) is 11.5. The maximum absolute atomic E-state index is 10.6. The molecule has 0 atom stereocenters. The van der Waals surface area contributed by atoms with Crippen LogP contribution in [0.3, 0.4) is 0 Å². The van der Waals surface area contributed by atoms with Gasteiger partial charge in [-0.3, -0.25) is 10.1 Å². The molecule has 0 heterocycles. The molecule has 0 saturated heterocycles. The molecule has 0 aliphatic carbocycles. The van der Waals surface area contributed by atoms with Gasteiger partial charge in [-0.2, -0.15) is 0 Å². The van der Waals surface area contributed by atoms with Crippen molar-refractivity contribution in [3.63, 3.8) is 0 Å². The van der Waals surface area contributed by atoms with Gasteiger partial charge in [0.05, 0.1) is 16.6 Å². The molecule has 1 N–H and O–H groups in total. The number of nitrogens with zero attached hydrogens (tertiary/aromatic N) is 1. The van der Waals surface area contributed by atoms with Crippen LogP contribution in [0.4, 0.5) is 11.4 Å². The molecule has 21 heavy (non-hydrogen) atoms. The predicted octanol–water partition coefficient (Wildman–Crippen LogP) is 4.26. The number of nitro groups is 1. The third-order valence-corrected chi connectivity index (χ3v) is 3.25. The second kappa shape index (κ2) is 6.95. The molecule has 110 valence electrons. The van der Waals surface area contributed by atoms with Crippen LogP contribution >= 0.6 is 11.6 Å². The summed E-state index contributed by atoms with van der Waals surface area (Å²) in [6, 6.07) is 12.0. The lowest BCUT2D eigenvalue weighted by Crippen LogP contribution is -2.01. The smallest absolute Gasteiger partial charge is 0.270 e. The van der Waals surface area contributed by atoms with E-state index in [-0.39, 0.29) is 5.69 Å². The van der Waals surface area contributed by atoms with E-state index in [0.29, 0.717) is 18.2 Å². The summed E-state index contributed by atoms with van der Waals surface area (Å²) in [5, 5.41) is 14.2. The topological polar surface area (TPSA) is 64.4 Å². The number of anilines is 1. The number of halogens is 1. The number of nitrogens with one attached hydrogen (secondary N) is 1. The molecule has 0 bridgehead atoms. The highest BCUT2D eigenvalue weighted by Gasteiger charge is 2.09. The van der Waals surface area contributed by atoms with Gasteiger partial charge < -0.3 is 10.1 Å². The van der Waals surface area contributed by atoms with Gasteiger partial charge in [-0.15, -0.1) is 0 Å². The van der Waals surface area contributed by atoms with Crippen molar-refractivity contribution in [2.24, 2.45) is 0 Å². The summed E-state index contributed by atoms with van der Waals surface area (Å²) in [6.07, 6.45) is 0. The van der Waals surface area contributed by atoms with E-state index in [0.717, 1.165) is 17.0 Å². The molecule has 2 rings (SSSR count). The average molecular weight is 307 g/mol. The summed E-state index contributed by atoms with van der Waals surface area (Å²) in [4.78, 5) is 10.2. The van der Waals surface area contributed by atoms with Crippen molar-refractivity contribution in [3.05, 3.63) is 63.2 Å². The summed E-state index contributed by atoms with van der Waals surface area (Å²) in [7, 11) is 0. The molecule has 2 aromatic rings. The van der Waals surface area contributed by atoms with Gasteiger partial charge >= 0.3 is 0 Å². The first-order valence-corrected chi connectivity index (χ1v) is 6.87. The Morgan fingerprint density at radius 3 is 2.52 bits per heavy atom. The fraction of sp³-hybridized carbons (Fsp3) is 0.200. The van der Waals surface area contributed by atoms with Crippen LogP contribution in [-0.4, -0.2) is 11.5 Å². The molecule has 0 aliphatic rings. The lowest BCUT2D eigenvalue weighted by molar-refractivity contribution is -0.384. The maximum Gasteiger partial charge on any atom is 0.270 e. The fourth-order valence-corrected chi connectivity index (χ4v) is 2.07. The number of hydrogen-bond donors (Lipinski definition) is 1. The van der Waals surface area contributed by atoms with Crippen LogP contribution in [0.15, 0.2) is 42.5 Å². The molecule has 0 fully saturated rings. The minimum absolute atomic E-state index is 0.00943. The van der Waals surface area contributed by atoms with Crippen molar-refractivity contribution in [3.8, 4) is 5.75 Å². The van der Waals surface area contributed by atoms with Crippen molar-refractivity contribution in [1.82, 2.24) is 0 Å². The van der Waals surface area contributed by atoms with Crippen LogP contribution in [0.5, 0.6) is 5.75 Å². The Morgan fingerprint density at radius 2 is 1.95 bits per heavy atom. The summed E-state index contributed by atoms with van der Waals surface area (Å²) < 4.78 is 5.37. The summed E-state index contributed by atoms with van der Waals surface area (Å²) >= 11 is 6.04. The fourth-order valence-electron chi connectivity index (χ4n) is 1.83. The van der Waals surface area contributed by atoms with E-state index < -0.39 is 4.92 Å². The molecule has 5 nitrogen and oxygen atoms in total. The quantitative estimate of drug-likeness (QED) is 0.640. The zero-order chi connectivity index (χ0) is 15.2. The lowest BCUT2D eigenvalue weighted by Gasteiger charge is -2.09. The highest BCUT2D eigenvalue weighted by Crippen LogP contribution is 2.23. The van der Waals surface area contributed by atoms with Crippen LogP contribution < -0.4 is 10.1 Å². The molecular weight excluding hydrogens is 292 g/mol. The van der Waals surface area contributed by atoms with Gasteiger partial charge in [0.1, 0.15) is 5.75 Å². The Kier molecular flexibility index (Phi) is 5.00. The van der Waals surface area contributed by atoms with E-state index in [9.17, 15) is 10.1 Å². The van der Waals surface area contributed by atoms with Gasteiger partial charge in [0.25, 0.3) is 5.69 Å². The normalized spacial score (nSPS) is 10.2. The van der Waals surface area contributed by atoms with Crippen molar-refractivity contribution < 1.29 is 9.66 Å². The van der Waals surface area contributed by atoms with Gasteiger partial charge in [-0.25, -0.2) is 0 Å². The Balaban J connectivity index is 2.01. The highest BCUT2D eigenvalue weighted by atomic mass is 35.5. The van der Waals surface area contributed by atoms with E-state index >= 15 is 0 Å². The minimum atomic E-state index is -0.463. The number of rotatable bonds is 6. The van der Waals surface area contributed by atoms with E-state index in [2.05, 4.69) is 5.32 Å². The average Bonchev–Trinajstić information content (AvgIpc) is 2.47. The molecule has 0 aliphatic heterocycles. The van der Waals surface area contributed by atoms with Crippen LogP contribution in [0.25, 0.3) is 0 Å². The molecule has 2 aromatic carbocycles. The Hall–Kier alpha value is -2.27. The summed E-state index contributed by atoms with van der Waals surface area (Å²) in [5.74, 6) is 0.816. The van der Waals surface area contributed by atoms with E-state index in [1.54, 1.807) is 6.07 Å². The minimum Gasteiger partial charge on any atom is -0.494 e. The van der Waals surface area contributed by atoms with Crippen molar-refractivity contribution >= 4 is 23.0 Å². The number of ether oxygens (including phenoxy) is 1. The second-order valence-electron chi connectivity index (χ2n) is 4.34. The molecule has 0 aromatic heterocycles. The zero-order valence-corrected chi connectivity index (χ0v) is 12.3. The molecule has 0 amide bonds. The second-order valence-corrected chi connectivity index (χ2v) is 4.75. The first-order chi connectivity index (χ1) is 10.1. The molecule has 0 unspecified atom stereocenters. The third kappa shape index (κ3) is 4.10. The van der Waals surface area contributed by atoms with Crippen molar-refractivity contribution in [2.45, 2.75) is 13.5 Å².